The third-order valence-electron chi connectivity index (χ3n) is 2.50. The molecule has 0 radical (unpaired) electrons. The Morgan fingerprint density at radius 2 is 2.12 bits per heavy atom. The van der Waals surface area contributed by atoms with Crippen molar-refractivity contribution in [1.29, 1.82) is 0 Å². The van der Waals surface area contributed by atoms with Gasteiger partial charge in [0.05, 0.1) is 17.1 Å². The fourth-order valence-electron chi connectivity index (χ4n) is 1.62. The van der Waals surface area contributed by atoms with Crippen LogP contribution in [0.3, 0.4) is 0 Å². The van der Waals surface area contributed by atoms with Crippen LogP contribution >= 0.6 is 0 Å². The van der Waals surface area contributed by atoms with E-state index in [1.807, 2.05) is 0 Å². The fourth-order valence-corrected chi connectivity index (χ4v) is 1.62. The van der Waals surface area contributed by atoms with Gasteiger partial charge in [0.1, 0.15) is 17.7 Å². The molecule has 1 fully saturated rings. The predicted molar refractivity (Wildman–Crippen MR) is 54.7 cm³/mol. The van der Waals surface area contributed by atoms with Gasteiger partial charge < -0.3 is 10.5 Å². The van der Waals surface area contributed by atoms with Gasteiger partial charge >= 0.3 is 0 Å². The monoisotopic (exact) mass is 226 g/mol. The van der Waals surface area contributed by atoms with Crippen LogP contribution in [0, 0.1) is 15.9 Å². The molecule has 0 aliphatic heterocycles. The van der Waals surface area contributed by atoms with Crippen LogP contribution in [-0.2, 0) is 0 Å². The first-order chi connectivity index (χ1) is 7.54. The largest absolute Gasteiger partial charge is 0.490 e. The van der Waals surface area contributed by atoms with Gasteiger partial charge in [-0.05, 0) is 12.8 Å². The van der Waals surface area contributed by atoms with Gasteiger partial charge in [-0.1, -0.05) is 0 Å². The van der Waals surface area contributed by atoms with Gasteiger partial charge in [0.15, 0.2) is 0 Å². The van der Waals surface area contributed by atoms with Crippen LogP contribution in [0.15, 0.2) is 18.2 Å². The van der Waals surface area contributed by atoms with Gasteiger partial charge in [0.25, 0.3) is 5.69 Å². The summed E-state index contributed by atoms with van der Waals surface area (Å²) < 4.78 is 18.4. The minimum atomic E-state index is -0.673. The summed E-state index contributed by atoms with van der Waals surface area (Å²) in [4.78, 5) is 9.84. The number of halogens is 1. The maximum absolute atomic E-state index is 13.0. The lowest BCUT2D eigenvalue weighted by Crippen LogP contribution is -2.43. The molecule has 1 aromatic rings. The van der Waals surface area contributed by atoms with Crippen molar-refractivity contribution in [2.24, 2.45) is 5.73 Å². The summed E-state index contributed by atoms with van der Waals surface area (Å²) in [7, 11) is 0. The Labute approximate surface area is 91.2 Å². The maximum atomic E-state index is 13.0. The van der Waals surface area contributed by atoms with Crippen molar-refractivity contribution in [3.8, 4) is 5.75 Å². The van der Waals surface area contributed by atoms with Crippen LogP contribution in [0.4, 0.5) is 10.1 Å². The molecule has 1 aromatic carbocycles. The second kappa shape index (κ2) is 4.05. The first kappa shape index (κ1) is 10.8. The molecule has 0 heterocycles. The quantitative estimate of drug-likeness (QED) is 0.627. The second-order valence-corrected chi connectivity index (χ2v) is 3.87. The Hall–Kier alpha value is -1.69. The minimum Gasteiger partial charge on any atom is -0.490 e. The second-order valence-electron chi connectivity index (χ2n) is 3.87. The molecule has 2 N–H and O–H groups in total. The molecule has 5 nitrogen and oxygen atoms in total. The average molecular weight is 226 g/mol. The van der Waals surface area contributed by atoms with Crippen LogP contribution in [0.2, 0.25) is 0 Å². The molecule has 86 valence electrons. The number of hydrogen-bond acceptors (Lipinski definition) is 4. The fraction of sp³-hybridized carbons (Fsp3) is 0.400. The van der Waals surface area contributed by atoms with E-state index in [9.17, 15) is 14.5 Å². The van der Waals surface area contributed by atoms with Crippen molar-refractivity contribution in [1.82, 2.24) is 0 Å². The molecule has 0 atom stereocenters. The van der Waals surface area contributed by atoms with E-state index in [-0.39, 0.29) is 23.6 Å². The number of rotatable bonds is 3. The van der Waals surface area contributed by atoms with Gasteiger partial charge in [-0.3, -0.25) is 10.1 Å². The third kappa shape index (κ3) is 2.27. The van der Waals surface area contributed by atoms with E-state index in [1.165, 1.54) is 6.07 Å². The molecule has 1 aliphatic rings. The van der Waals surface area contributed by atoms with Crippen LogP contribution in [0.5, 0.6) is 5.75 Å². The summed E-state index contributed by atoms with van der Waals surface area (Å²) >= 11 is 0. The number of nitrogens with two attached hydrogens (primary N) is 1. The Kier molecular flexibility index (Phi) is 2.74. The van der Waals surface area contributed by atoms with Crippen molar-refractivity contribution in [3.63, 3.8) is 0 Å². The van der Waals surface area contributed by atoms with Gasteiger partial charge in [0, 0.05) is 12.1 Å². The van der Waals surface area contributed by atoms with E-state index in [1.54, 1.807) is 0 Å². The van der Waals surface area contributed by atoms with Crippen molar-refractivity contribution in [3.05, 3.63) is 34.1 Å². The standard InChI is InChI=1S/C10H11FN2O3/c11-6-1-8(13(14)15)5-9(2-6)16-10-3-7(12)4-10/h1-2,5,7,10H,3-4,12H2. The van der Waals surface area contributed by atoms with E-state index in [0.29, 0.717) is 12.8 Å². The highest BCUT2D eigenvalue weighted by Crippen LogP contribution is 2.27. The van der Waals surface area contributed by atoms with Gasteiger partial charge in [-0.15, -0.1) is 0 Å². The lowest BCUT2D eigenvalue weighted by molar-refractivity contribution is -0.385. The van der Waals surface area contributed by atoms with E-state index in [4.69, 9.17) is 10.5 Å². The molecule has 2 rings (SSSR count). The highest BCUT2D eigenvalue weighted by molar-refractivity contribution is 5.39. The normalized spacial score (nSPS) is 23.6. The van der Waals surface area contributed by atoms with E-state index >= 15 is 0 Å². The molecule has 0 saturated heterocycles. The van der Waals surface area contributed by atoms with Crippen LogP contribution in [0.1, 0.15) is 12.8 Å². The van der Waals surface area contributed by atoms with Gasteiger partial charge in [0.2, 0.25) is 0 Å². The predicted octanol–water partition coefficient (Wildman–Crippen LogP) is 1.60. The molecular formula is C10H11FN2O3. The van der Waals surface area contributed by atoms with E-state index in [2.05, 4.69) is 0 Å². The molecular weight excluding hydrogens is 215 g/mol. The molecule has 0 unspecified atom stereocenters. The number of nitro groups is 1. The third-order valence-corrected chi connectivity index (χ3v) is 2.50. The number of nitrogens with zero attached hydrogens (tertiary/aromatic N) is 1. The highest BCUT2D eigenvalue weighted by Gasteiger charge is 2.28. The molecule has 1 saturated carbocycles. The lowest BCUT2D eigenvalue weighted by atomic mass is 9.90. The average Bonchev–Trinajstić information content (AvgIpc) is 2.14. The molecule has 16 heavy (non-hydrogen) atoms. The van der Waals surface area contributed by atoms with Gasteiger partial charge in [-0.2, -0.15) is 0 Å². The lowest BCUT2D eigenvalue weighted by Gasteiger charge is -2.32. The molecule has 0 amide bonds. The highest BCUT2D eigenvalue weighted by atomic mass is 19.1. The number of ether oxygens (including phenoxy) is 1. The van der Waals surface area contributed by atoms with Crippen molar-refractivity contribution >= 4 is 5.69 Å². The maximum Gasteiger partial charge on any atom is 0.276 e. The minimum absolute atomic E-state index is 0.0589. The Morgan fingerprint density at radius 3 is 2.69 bits per heavy atom. The summed E-state index contributed by atoms with van der Waals surface area (Å²) in [6.07, 6.45) is 1.34. The Morgan fingerprint density at radius 1 is 1.44 bits per heavy atom. The molecule has 0 bridgehead atoms. The number of benzene rings is 1. The molecule has 0 aromatic heterocycles. The molecule has 0 spiro atoms. The van der Waals surface area contributed by atoms with Crippen molar-refractivity contribution < 1.29 is 14.1 Å². The topological polar surface area (TPSA) is 78.4 Å². The first-order valence-corrected chi connectivity index (χ1v) is 4.92. The summed E-state index contributed by atoms with van der Waals surface area (Å²) in [5.41, 5.74) is 5.26. The molecule has 6 heteroatoms. The van der Waals surface area contributed by atoms with Gasteiger partial charge in [-0.25, -0.2) is 4.39 Å². The van der Waals surface area contributed by atoms with Crippen LogP contribution in [0.25, 0.3) is 0 Å². The number of non-ortho nitro benzene ring substituents is 1. The number of hydrogen-bond donors (Lipinski definition) is 1. The van der Waals surface area contributed by atoms with Crippen molar-refractivity contribution in [2.75, 3.05) is 0 Å². The zero-order chi connectivity index (χ0) is 11.7. The first-order valence-electron chi connectivity index (χ1n) is 4.92. The van der Waals surface area contributed by atoms with Crippen LogP contribution < -0.4 is 10.5 Å². The van der Waals surface area contributed by atoms with E-state index in [0.717, 1.165) is 12.1 Å². The SMILES string of the molecule is NC1CC(Oc2cc(F)cc([N+](=O)[O-])c2)C1. The van der Waals surface area contributed by atoms with E-state index < -0.39 is 10.7 Å². The van der Waals surface area contributed by atoms with Crippen LogP contribution in [-0.4, -0.2) is 17.1 Å². The Balaban J connectivity index is 2.11. The van der Waals surface area contributed by atoms with Crippen molar-refractivity contribution in [2.45, 2.75) is 25.0 Å². The Bertz CT molecular complexity index is 419. The zero-order valence-corrected chi connectivity index (χ0v) is 8.43. The summed E-state index contributed by atoms with van der Waals surface area (Å²) in [6.45, 7) is 0. The summed E-state index contributed by atoms with van der Waals surface area (Å²) in [5, 5.41) is 10.5. The summed E-state index contributed by atoms with van der Waals surface area (Å²) in [6, 6.07) is 3.33. The molecule has 1 aliphatic carbocycles. The number of nitro benzene ring substituents is 1. The summed E-state index contributed by atoms with van der Waals surface area (Å²) in [5.74, 6) is -0.489. The zero-order valence-electron chi connectivity index (χ0n) is 8.43. The smallest absolute Gasteiger partial charge is 0.276 e.